The van der Waals surface area contributed by atoms with Gasteiger partial charge in [-0.1, -0.05) is 6.07 Å². The summed E-state index contributed by atoms with van der Waals surface area (Å²) in [5.74, 6) is 1.01. The van der Waals surface area contributed by atoms with E-state index in [1.165, 1.54) is 27.5 Å². The van der Waals surface area contributed by atoms with Crippen molar-refractivity contribution >= 4 is 22.5 Å². The molecule has 0 unspecified atom stereocenters. The number of amides is 1. The Hall–Kier alpha value is -3.48. The standard InChI is InChI=1S/C19H18N2O5/c1-24-11-7-8-14(16(9-11)26-3)21-19(23)13-10-20-17-12(18(13)22)5-4-6-15(17)25-2/h4-10H,1-3H3,(H,20,22)(H,21,23). The summed E-state index contributed by atoms with van der Waals surface area (Å²) in [5, 5.41) is 3.07. The van der Waals surface area contributed by atoms with E-state index in [9.17, 15) is 9.59 Å². The summed E-state index contributed by atoms with van der Waals surface area (Å²) >= 11 is 0. The molecule has 1 aromatic heterocycles. The molecule has 134 valence electrons. The molecule has 0 aliphatic carbocycles. The maximum atomic E-state index is 12.7. The molecule has 26 heavy (non-hydrogen) atoms. The van der Waals surface area contributed by atoms with E-state index in [0.29, 0.717) is 33.8 Å². The van der Waals surface area contributed by atoms with E-state index < -0.39 is 5.91 Å². The van der Waals surface area contributed by atoms with E-state index in [4.69, 9.17) is 14.2 Å². The lowest BCUT2D eigenvalue weighted by atomic mass is 10.1. The number of fused-ring (bicyclic) bond motifs is 1. The Morgan fingerprint density at radius 1 is 1.00 bits per heavy atom. The molecule has 0 spiro atoms. The summed E-state index contributed by atoms with van der Waals surface area (Å²) in [6.07, 6.45) is 1.37. The first-order valence-electron chi connectivity index (χ1n) is 7.80. The number of aromatic amines is 1. The van der Waals surface area contributed by atoms with E-state index in [2.05, 4.69) is 10.3 Å². The number of nitrogens with one attached hydrogen (secondary N) is 2. The van der Waals surface area contributed by atoms with Crippen LogP contribution in [0.25, 0.3) is 10.9 Å². The highest BCUT2D eigenvalue weighted by Gasteiger charge is 2.16. The Morgan fingerprint density at radius 2 is 1.77 bits per heavy atom. The van der Waals surface area contributed by atoms with Crippen LogP contribution in [0.5, 0.6) is 17.2 Å². The first kappa shape index (κ1) is 17.3. The molecule has 0 atom stereocenters. The average Bonchev–Trinajstić information content (AvgIpc) is 2.68. The second-order valence-electron chi connectivity index (χ2n) is 5.43. The van der Waals surface area contributed by atoms with Gasteiger partial charge in [0.25, 0.3) is 5.91 Å². The smallest absolute Gasteiger partial charge is 0.261 e. The number of hydrogen-bond donors (Lipinski definition) is 2. The Labute approximate surface area is 149 Å². The molecule has 0 aliphatic heterocycles. The van der Waals surface area contributed by atoms with Gasteiger partial charge in [0.2, 0.25) is 5.43 Å². The number of aromatic nitrogens is 1. The lowest BCUT2D eigenvalue weighted by Gasteiger charge is -2.12. The molecule has 3 aromatic rings. The average molecular weight is 354 g/mol. The molecule has 2 aromatic carbocycles. The third kappa shape index (κ3) is 3.06. The zero-order chi connectivity index (χ0) is 18.7. The van der Waals surface area contributed by atoms with Gasteiger partial charge in [0, 0.05) is 12.3 Å². The summed E-state index contributed by atoms with van der Waals surface area (Å²) in [6, 6.07) is 10.1. The number of rotatable bonds is 5. The van der Waals surface area contributed by atoms with Crippen molar-refractivity contribution in [3.05, 3.63) is 58.4 Å². The first-order valence-corrected chi connectivity index (χ1v) is 7.80. The van der Waals surface area contributed by atoms with Gasteiger partial charge >= 0.3 is 0 Å². The van der Waals surface area contributed by atoms with Crippen LogP contribution in [0.4, 0.5) is 5.69 Å². The largest absolute Gasteiger partial charge is 0.497 e. The van der Waals surface area contributed by atoms with Gasteiger partial charge in [-0.3, -0.25) is 9.59 Å². The zero-order valence-corrected chi connectivity index (χ0v) is 14.6. The number of hydrogen-bond acceptors (Lipinski definition) is 5. The van der Waals surface area contributed by atoms with Crippen LogP contribution in [-0.2, 0) is 0 Å². The molecule has 0 saturated heterocycles. The number of benzene rings is 2. The topological polar surface area (TPSA) is 89.6 Å². The number of para-hydroxylation sites is 1. The van der Waals surface area contributed by atoms with Crippen LogP contribution < -0.4 is 25.0 Å². The SMILES string of the molecule is COc1ccc(NC(=O)c2c[nH]c3c(OC)cccc3c2=O)c(OC)c1. The van der Waals surface area contributed by atoms with Crippen molar-refractivity contribution in [3.8, 4) is 17.2 Å². The molecular weight excluding hydrogens is 336 g/mol. The maximum absolute atomic E-state index is 12.7. The van der Waals surface area contributed by atoms with Gasteiger partial charge in [-0.05, 0) is 24.3 Å². The fourth-order valence-electron chi connectivity index (χ4n) is 2.65. The zero-order valence-electron chi connectivity index (χ0n) is 14.6. The van der Waals surface area contributed by atoms with Crippen molar-refractivity contribution in [2.45, 2.75) is 0 Å². The van der Waals surface area contributed by atoms with Crippen LogP contribution in [-0.4, -0.2) is 32.2 Å². The second kappa shape index (κ2) is 7.18. The third-order valence-electron chi connectivity index (χ3n) is 4.00. The fraction of sp³-hybridized carbons (Fsp3) is 0.158. The Kier molecular flexibility index (Phi) is 4.79. The lowest BCUT2D eigenvalue weighted by Crippen LogP contribution is -2.22. The molecule has 7 heteroatoms. The fourth-order valence-corrected chi connectivity index (χ4v) is 2.65. The summed E-state index contributed by atoms with van der Waals surface area (Å²) < 4.78 is 15.6. The van der Waals surface area contributed by atoms with Gasteiger partial charge in [0.1, 0.15) is 22.8 Å². The number of pyridine rings is 1. The highest BCUT2D eigenvalue weighted by atomic mass is 16.5. The second-order valence-corrected chi connectivity index (χ2v) is 5.43. The van der Waals surface area contributed by atoms with Gasteiger partial charge < -0.3 is 24.5 Å². The highest BCUT2D eigenvalue weighted by Crippen LogP contribution is 2.29. The molecule has 0 fully saturated rings. The van der Waals surface area contributed by atoms with E-state index in [1.807, 2.05) is 0 Å². The molecule has 0 saturated carbocycles. The van der Waals surface area contributed by atoms with Crippen molar-refractivity contribution in [1.29, 1.82) is 0 Å². The summed E-state index contributed by atoms with van der Waals surface area (Å²) in [4.78, 5) is 28.3. The minimum absolute atomic E-state index is 0.0105. The molecule has 0 aliphatic rings. The monoisotopic (exact) mass is 354 g/mol. The molecule has 1 amide bonds. The summed E-state index contributed by atoms with van der Waals surface area (Å²) in [6.45, 7) is 0. The van der Waals surface area contributed by atoms with E-state index >= 15 is 0 Å². The quantitative estimate of drug-likeness (QED) is 0.735. The third-order valence-corrected chi connectivity index (χ3v) is 4.00. The van der Waals surface area contributed by atoms with Crippen molar-refractivity contribution in [2.24, 2.45) is 0 Å². The molecule has 0 bridgehead atoms. The number of anilines is 1. The van der Waals surface area contributed by atoms with Gasteiger partial charge in [-0.15, -0.1) is 0 Å². The Balaban J connectivity index is 1.99. The number of carbonyl (C=O) groups is 1. The van der Waals surface area contributed by atoms with Crippen molar-refractivity contribution in [2.75, 3.05) is 26.6 Å². The van der Waals surface area contributed by atoms with Crippen LogP contribution >= 0.6 is 0 Å². The van der Waals surface area contributed by atoms with Crippen LogP contribution in [0.1, 0.15) is 10.4 Å². The highest BCUT2D eigenvalue weighted by molar-refractivity contribution is 6.06. The van der Waals surface area contributed by atoms with Gasteiger partial charge in [-0.25, -0.2) is 0 Å². The maximum Gasteiger partial charge on any atom is 0.261 e. The van der Waals surface area contributed by atoms with Gasteiger partial charge in [0.15, 0.2) is 0 Å². The summed E-state index contributed by atoms with van der Waals surface area (Å²) in [7, 11) is 4.54. The number of carbonyl (C=O) groups excluding carboxylic acids is 1. The molecular formula is C19H18N2O5. The predicted octanol–water partition coefficient (Wildman–Crippen LogP) is 2.81. The van der Waals surface area contributed by atoms with Gasteiger partial charge in [-0.2, -0.15) is 0 Å². The normalized spacial score (nSPS) is 10.4. The first-order chi connectivity index (χ1) is 12.6. The van der Waals surface area contributed by atoms with Crippen molar-refractivity contribution < 1.29 is 19.0 Å². The molecule has 3 rings (SSSR count). The van der Waals surface area contributed by atoms with Crippen LogP contribution in [0.15, 0.2) is 47.4 Å². The molecule has 1 heterocycles. The number of methoxy groups -OCH3 is 3. The van der Waals surface area contributed by atoms with Crippen LogP contribution in [0, 0.1) is 0 Å². The molecule has 7 nitrogen and oxygen atoms in total. The van der Waals surface area contributed by atoms with E-state index in [1.54, 1.807) is 36.4 Å². The molecule has 0 radical (unpaired) electrons. The predicted molar refractivity (Wildman–Crippen MR) is 98.6 cm³/mol. The number of ether oxygens (including phenoxy) is 3. The van der Waals surface area contributed by atoms with Crippen LogP contribution in [0.3, 0.4) is 0 Å². The van der Waals surface area contributed by atoms with Crippen molar-refractivity contribution in [3.63, 3.8) is 0 Å². The minimum atomic E-state index is -0.542. The Bertz CT molecular complexity index is 1030. The van der Waals surface area contributed by atoms with Crippen LogP contribution in [0.2, 0.25) is 0 Å². The van der Waals surface area contributed by atoms with E-state index in [0.717, 1.165) is 0 Å². The van der Waals surface area contributed by atoms with Crippen molar-refractivity contribution in [1.82, 2.24) is 4.98 Å². The minimum Gasteiger partial charge on any atom is -0.497 e. The summed E-state index contributed by atoms with van der Waals surface area (Å²) in [5.41, 5.74) is 0.577. The van der Waals surface area contributed by atoms with E-state index in [-0.39, 0.29) is 11.0 Å². The Morgan fingerprint density at radius 3 is 2.46 bits per heavy atom. The number of H-pyrrole nitrogens is 1. The molecule has 2 N–H and O–H groups in total. The van der Waals surface area contributed by atoms with Gasteiger partial charge in [0.05, 0.1) is 37.9 Å². The lowest BCUT2D eigenvalue weighted by molar-refractivity contribution is 0.102.